The molecule has 4 amide bonds. The van der Waals surface area contributed by atoms with E-state index in [1.54, 1.807) is 24.3 Å². The highest BCUT2D eigenvalue weighted by molar-refractivity contribution is 6.44. The van der Waals surface area contributed by atoms with Crippen LogP contribution in [0.5, 0.6) is 0 Å². The molecule has 146 valence electrons. The topological polar surface area (TPSA) is 74.8 Å². The summed E-state index contributed by atoms with van der Waals surface area (Å²) in [5.41, 5.74) is 0.699. The second-order valence-corrected chi connectivity index (χ2v) is 7.52. The van der Waals surface area contributed by atoms with Crippen LogP contribution in [-0.2, 0) is 0 Å². The van der Waals surface area contributed by atoms with Gasteiger partial charge in [-0.05, 0) is 36.4 Å². The van der Waals surface area contributed by atoms with Crippen molar-refractivity contribution in [2.45, 2.75) is 0 Å². The number of hydrogen-bond acceptors (Lipinski definition) is 4. The fourth-order valence-electron chi connectivity index (χ4n) is 3.77. The lowest BCUT2D eigenvalue weighted by atomic mass is 10.1. The van der Waals surface area contributed by atoms with Crippen molar-refractivity contribution in [1.29, 1.82) is 0 Å². The van der Waals surface area contributed by atoms with E-state index in [9.17, 15) is 19.2 Å². The van der Waals surface area contributed by atoms with Gasteiger partial charge in [0.15, 0.2) is 0 Å². The number of rotatable bonds is 2. The third-order valence-corrected chi connectivity index (χ3v) is 5.72. The molecule has 2 aliphatic heterocycles. The number of carbonyl (C=O) groups excluding carboxylic acids is 4. The molecule has 0 N–H and O–H groups in total. The lowest BCUT2D eigenvalue weighted by Crippen LogP contribution is -2.35. The number of amides is 4. The number of carbonyl (C=O) groups is 4. The molecule has 2 aliphatic rings. The lowest BCUT2D eigenvalue weighted by Gasteiger charge is -2.22. The van der Waals surface area contributed by atoms with E-state index < -0.39 is 23.6 Å². The zero-order chi connectivity index (χ0) is 21.2. The van der Waals surface area contributed by atoms with Crippen molar-refractivity contribution < 1.29 is 19.2 Å². The summed E-state index contributed by atoms with van der Waals surface area (Å²) in [7, 11) is 0. The first-order valence-electron chi connectivity index (χ1n) is 8.85. The Hall–Kier alpha value is -3.48. The van der Waals surface area contributed by atoms with Gasteiger partial charge >= 0.3 is 0 Å². The van der Waals surface area contributed by atoms with Crippen LogP contribution in [0.15, 0.2) is 60.7 Å². The molecular formula is C22H10Cl2N2O4. The Morgan fingerprint density at radius 3 is 1.27 bits per heavy atom. The Kier molecular flexibility index (Phi) is 4.03. The van der Waals surface area contributed by atoms with Gasteiger partial charge in [0.1, 0.15) is 0 Å². The highest BCUT2D eigenvalue weighted by atomic mass is 35.5. The van der Waals surface area contributed by atoms with Crippen molar-refractivity contribution in [1.82, 2.24) is 0 Å². The van der Waals surface area contributed by atoms with Crippen LogP contribution in [0.4, 0.5) is 11.4 Å². The molecule has 2 heterocycles. The molecule has 3 aromatic carbocycles. The average Bonchev–Trinajstić information content (AvgIpc) is 3.14. The molecule has 0 atom stereocenters. The fraction of sp³-hybridized carbons (Fsp3) is 0. The summed E-state index contributed by atoms with van der Waals surface area (Å²) in [6.45, 7) is 0. The van der Waals surface area contributed by atoms with Crippen LogP contribution in [-0.4, -0.2) is 23.6 Å². The maximum atomic E-state index is 13.0. The van der Waals surface area contributed by atoms with Gasteiger partial charge in [0.05, 0.1) is 43.7 Å². The summed E-state index contributed by atoms with van der Waals surface area (Å²) in [5, 5.41) is 0.302. The van der Waals surface area contributed by atoms with Crippen molar-refractivity contribution in [2.24, 2.45) is 0 Å². The summed E-state index contributed by atoms with van der Waals surface area (Å²) in [5.74, 6) is -2.41. The number of anilines is 2. The molecule has 0 aliphatic carbocycles. The van der Waals surface area contributed by atoms with Crippen molar-refractivity contribution in [3.05, 3.63) is 93.0 Å². The van der Waals surface area contributed by atoms with Gasteiger partial charge in [-0.3, -0.25) is 19.2 Å². The number of hydrogen-bond donors (Lipinski definition) is 0. The average molecular weight is 437 g/mol. The third kappa shape index (κ3) is 2.38. The van der Waals surface area contributed by atoms with Crippen LogP contribution in [0.2, 0.25) is 10.0 Å². The maximum absolute atomic E-state index is 13.0. The predicted molar refractivity (Wildman–Crippen MR) is 112 cm³/mol. The van der Waals surface area contributed by atoms with Crippen molar-refractivity contribution in [3.8, 4) is 0 Å². The fourth-order valence-corrected chi connectivity index (χ4v) is 4.28. The molecule has 0 aromatic heterocycles. The third-order valence-electron chi connectivity index (χ3n) is 5.09. The summed E-state index contributed by atoms with van der Waals surface area (Å²) in [4.78, 5) is 53.9. The molecule has 5 rings (SSSR count). The number of nitrogens with zero attached hydrogens (tertiary/aromatic N) is 2. The minimum atomic E-state index is -0.623. The smallest absolute Gasteiger partial charge is 0.267 e. The molecule has 0 saturated carbocycles. The van der Waals surface area contributed by atoms with Crippen molar-refractivity contribution in [2.75, 3.05) is 9.80 Å². The Morgan fingerprint density at radius 2 is 0.900 bits per heavy atom. The van der Waals surface area contributed by atoms with Crippen LogP contribution in [0.25, 0.3) is 0 Å². The maximum Gasteiger partial charge on any atom is 0.267 e. The minimum Gasteiger partial charge on any atom is -0.268 e. The van der Waals surface area contributed by atoms with Crippen molar-refractivity contribution in [3.63, 3.8) is 0 Å². The van der Waals surface area contributed by atoms with E-state index in [0.717, 1.165) is 9.80 Å². The Labute approximate surface area is 180 Å². The first kappa shape index (κ1) is 18.5. The predicted octanol–water partition coefficient (Wildman–Crippen LogP) is 4.59. The summed E-state index contributed by atoms with van der Waals surface area (Å²) in [6.07, 6.45) is 0. The molecule has 30 heavy (non-hydrogen) atoms. The van der Waals surface area contributed by atoms with Gasteiger partial charge < -0.3 is 0 Å². The van der Waals surface area contributed by atoms with Crippen LogP contribution < -0.4 is 9.80 Å². The summed E-state index contributed by atoms with van der Waals surface area (Å²) in [6, 6.07) is 15.4. The molecule has 0 radical (unpaired) electrons. The van der Waals surface area contributed by atoms with E-state index in [-0.39, 0.29) is 43.7 Å². The number of imide groups is 2. The SMILES string of the molecule is O=C1c2cccc(Cl)c2C(=O)N1c1ccccc1N1C(=O)c2cccc(Cl)c2C1=O. The van der Waals surface area contributed by atoms with Crippen molar-refractivity contribution >= 4 is 58.2 Å². The van der Waals surface area contributed by atoms with Gasteiger partial charge in [0, 0.05) is 0 Å². The van der Waals surface area contributed by atoms with E-state index in [2.05, 4.69) is 0 Å². The monoisotopic (exact) mass is 436 g/mol. The molecule has 0 fully saturated rings. The van der Waals surface area contributed by atoms with Gasteiger partial charge in [-0.1, -0.05) is 47.5 Å². The van der Waals surface area contributed by atoms with Gasteiger partial charge in [-0.2, -0.15) is 0 Å². The number of fused-ring (bicyclic) bond motifs is 2. The first-order chi connectivity index (χ1) is 14.4. The van der Waals surface area contributed by atoms with E-state index >= 15 is 0 Å². The molecule has 0 unspecified atom stereocenters. The lowest BCUT2D eigenvalue weighted by molar-refractivity contribution is 0.0904. The van der Waals surface area contributed by atoms with E-state index in [1.165, 1.54) is 36.4 Å². The second-order valence-electron chi connectivity index (χ2n) is 6.70. The highest BCUT2D eigenvalue weighted by Gasteiger charge is 2.43. The molecule has 8 heteroatoms. The largest absolute Gasteiger partial charge is 0.268 e. The van der Waals surface area contributed by atoms with Gasteiger partial charge in [0.2, 0.25) is 0 Å². The highest BCUT2D eigenvalue weighted by Crippen LogP contribution is 2.41. The van der Waals surface area contributed by atoms with Gasteiger partial charge in [-0.15, -0.1) is 0 Å². The molecular weight excluding hydrogens is 427 g/mol. The van der Waals surface area contributed by atoms with Crippen LogP contribution in [0.3, 0.4) is 0 Å². The number of para-hydroxylation sites is 2. The zero-order valence-corrected chi connectivity index (χ0v) is 16.6. The number of benzene rings is 3. The molecule has 0 bridgehead atoms. The second kappa shape index (κ2) is 6.52. The quantitative estimate of drug-likeness (QED) is 0.550. The first-order valence-corrected chi connectivity index (χ1v) is 9.61. The minimum absolute atomic E-state index is 0.0874. The molecule has 3 aromatic rings. The number of halogens is 2. The molecule has 0 spiro atoms. The Bertz CT molecular complexity index is 1220. The van der Waals surface area contributed by atoms with Gasteiger partial charge in [0.25, 0.3) is 23.6 Å². The van der Waals surface area contributed by atoms with Crippen LogP contribution >= 0.6 is 23.2 Å². The summed E-state index contributed by atoms with van der Waals surface area (Å²) >= 11 is 12.3. The van der Waals surface area contributed by atoms with Crippen LogP contribution in [0.1, 0.15) is 41.4 Å². The normalized spacial score (nSPS) is 15.1. The Morgan fingerprint density at radius 1 is 0.500 bits per heavy atom. The van der Waals surface area contributed by atoms with Crippen LogP contribution in [0, 0.1) is 0 Å². The standard InChI is InChI=1S/C22H10Cl2N2O4/c23-13-7-3-5-11-17(13)21(29)25(19(11)27)15-9-1-2-10-16(15)26-20(28)12-6-4-8-14(24)18(12)22(26)30/h1-10H. The van der Waals surface area contributed by atoms with E-state index in [1.807, 2.05) is 0 Å². The summed E-state index contributed by atoms with van der Waals surface area (Å²) < 4.78 is 0. The molecule has 6 nitrogen and oxygen atoms in total. The zero-order valence-electron chi connectivity index (χ0n) is 15.1. The molecule has 0 saturated heterocycles. The van der Waals surface area contributed by atoms with E-state index in [4.69, 9.17) is 23.2 Å². The van der Waals surface area contributed by atoms with E-state index in [0.29, 0.717) is 0 Å². The Balaban J connectivity index is 1.66. The van der Waals surface area contributed by atoms with Gasteiger partial charge in [-0.25, -0.2) is 9.80 Å².